The number of hydrogen-bond acceptors (Lipinski definition) is 5. The van der Waals surface area contributed by atoms with Crippen LogP contribution in [0.5, 0.6) is 0 Å². The van der Waals surface area contributed by atoms with E-state index in [1.54, 1.807) is 13.0 Å². The molecule has 1 unspecified atom stereocenters. The van der Waals surface area contributed by atoms with Crippen LogP contribution < -0.4 is 5.43 Å². The number of nitrogens with zero attached hydrogens (tertiary/aromatic N) is 1. The predicted molar refractivity (Wildman–Crippen MR) is 106 cm³/mol. The summed E-state index contributed by atoms with van der Waals surface area (Å²) in [6.07, 6.45) is 3.03. The van der Waals surface area contributed by atoms with Gasteiger partial charge in [0.1, 0.15) is 5.71 Å². The molecule has 0 aliphatic carbocycles. The second-order valence-corrected chi connectivity index (χ2v) is 6.40. The minimum Gasteiger partial charge on any atom is -0.463 e. The summed E-state index contributed by atoms with van der Waals surface area (Å²) >= 11 is 6.02. The summed E-state index contributed by atoms with van der Waals surface area (Å²) in [7, 11) is 0. The molecule has 1 aliphatic heterocycles. The highest BCUT2D eigenvalue weighted by atomic mass is 35.5. The van der Waals surface area contributed by atoms with Gasteiger partial charge < -0.3 is 14.9 Å². The predicted octanol–water partition coefficient (Wildman–Crippen LogP) is 3.68. The maximum absolute atomic E-state index is 11.5. The Hall–Kier alpha value is -2.63. The van der Waals surface area contributed by atoms with Gasteiger partial charge in [0, 0.05) is 16.7 Å². The lowest BCUT2D eigenvalue weighted by Gasteiger charge is -2.30. The molecular weight excluding hydrogens is 364 g/mol. The van der Waals surface area contributed by atoms with Gasteiger partial charge >= 0.3 is 5.97 Å². The number of benzene rings is 2. The zero-order chi connectivity index (χ0) is 19.1. The number of hydrogen-bond donors (Lipinski definition) is 1. The Morgan fingerprint density at radius 3 is 2.67 bits per heavy atom. The topological polar surface area (TPSA) is 59.9 Å². The Morgan fingerprint density at radius 2 is 1.96 bits per heavy atom. The molecule has 1 atom stereocenters. The maximum atomic E-state index is 11.5. The minimum absolute atomic E-state index is 0.238. The first kappa shape index (κ1) is 19.1. The fraction of sp³-hybridized carbons (Fsp3) is 0.238. The molecule has 0 fully saturated rings. The number of esters is 1. The number of hydrazone groups is 1. The fourth-order valence-corrected chi connectivity index (χ4v) is 3.11. The van der Waals surface area contributed by atoms with Gasteiger partial charge in [0.15, 0.2) is 5.60 Å². The van der Waals surface area contributed by atoms with Gasteiger partial charge in [0.25, 0.3) is 0 Å². The van der Waals surface area contributed by atoms with Crippen molar-refractivity contribution in [2.45, 2.75) is 12.5 Å². The van der Waals surface area contributed by atoms with Crippen molar-refractivity contribution in [1.82, 2.24) is 5.43 Å². The number of ether oxygens (including phenoxy) is 2. The van der Waals surface area contributed by atoms with Gasteiger partial charge in [-0.25, -0.2) is 4.79 Å². The molecule has 1 heterocycles. The van der Waals surface area contributed by atoms with E-state index in [2.05, 4.69) is 10.5 Å². The van der Waals surface area contributed by atoms with Crippen molar-refractivity contribution in [3.63, 3.8) is 0 Å². The molecule has 0 saturated heterocycles. The van der Waals surface area contributed by atoms with Crippen LogP contribution in [0.2, 0.25) is 5.02 Å². The van der Waals surface area contributed by atoms with E-state index >= 15 is 0 Å². The third-order valence-electron chi connectivity index (χ3n) is 4.23. The summed E-state index contributed by atoms with van der Waals surface area (Å²) in [6, 6.07) is 17.4. The van der Waals surface area contributed by atoms with Gasteiger partial charge in [-0.15, -0.1) is 0 Å². The number of halogens is 1. The van der Waals surface area contributed by atoms with Crippen molar-refractivity contribution in [3.05, 3.63) is 82.9 Å². The first-order chi connectivity index (χ1) is 13.2. The van der Waals surface area contributed by atoms with E-state index in [1.165, 1.54) is 6.08 Å². The van der Waals surface area contributed by atoms with Crippen LogP contribution in [0.25, 0.3) is 0 Å². The summed E-state index contributed by atoms with van der Waals surface area (Å²) in [5.41, 5.74) is 4.96. The molecule has 0 amide bonds. The highest BCUT2D eigenvalue weighted by Crippen LogP contribution is 2.33. The van der Waals surface area contributed by atoms with Crippen LogP contribution in [0.3, 0.4) is 0 Å². The standard InChI is InChI=1S/C21H21ClN2O3/c1-2-26-19(25)9-6-14-27-21(17-7-4-3-5-8-17)15-23-24-20(21)16-10-12-18(22)13-11-16/h3-13,23H,2,14-15H2,1H3/b9-6+. The van der Waals surface area contributed by atoms with E-state index in [4.69, 9.17) is 21.1 Å². The lowest BCUT2D eigenvalue weighted by molar-refractivity contribution is -0.137. The second kappa shape index (κ2) is 8.84. The molecule has 1 aliphatic rings. The van der Waals surface area contributed by atoms with Crippen molar-refractivity contribution in [1.29, 1.82) is 0 Å². The molecule has 0 spiro atoms. The molecule has 0 aromatic heterocycles. The van der Waals surface area contributed by atoms with Gasteiger partial charge in [-0.2, -0.15) is 5.10 Å². The average Bonchev–Trinajstić information content (AvgIpc) is 3.12. The first-order valence-corrected chi connectivity index (χ1v) is 9.13. The van der Waals surface area contributed by atoms with Gasteiger partial charge in [0.05, 0.1) is 19.8 Å². The van der Waals surface area contributed by atoms with Gasteiger partial charge in [-0.05, 0) is 24.6 Å². The SMILES string of the molecule is CCOC(=O)/C=C/COC1(c2ccccc2)CNN=C1c1ccc(Cl)cc1. The van der Waals surface area contributed by atoms with Crippen LogP contribution in [0.4, 0.5) is 0 Å². The molecular formula is C21H21ClN2O3. The second-order valence-electron chi connectivity index (χ2n) is 5.96. The van der Waals surface area contributed by atoms with Gasteiger partial charge in [0.2, 0.25) is 0 Å². The number of rotatable bonds is 7. The third kappa shape index (κ3) is 4.38. The lowest BCUT2D eigenvalue weighted by Crippen LogP contribution is -2.41. The summed E-state index contributed by atoms with van der Waals surface area (Å²) < 4.78 is 11.2. The molecule has 6 heteroatoms. The van der Waals surface area contributed by atoms with E-state index < -0.39 is 5.60 Å². The maximum Gasteiger partial charge on any atom is 0.330 e. The Balaban J connectivity index is 1.88. The summed E-state index contributed by atoms with van der Waals surface area (Å²) in [6.45, 7) is 2.84. The van der Waals surface area contributed by atoms with E-state index in [0.717, 1.165) is 16.8 Å². The van der Waals surface area contributed by atoms with Crippen molar-refractivity contribution >= 4 is 23.3 Å². The Bertz CT molecular complexity index is 834. The lowest BCUT2D eigenvalue weighted by atomic mass is 9.85. The fourth-order valence-electron chi connectivity index (χ4n) is 2.98. The van der Waals surface area contributed by atoms with Crippen LogP contribution >= 0.6 is 11.6 Å². The monoisotopic (exact) mass is 384 g/mol. The smallest absolute Gasteiger partial charge is 0.330 e. The van der Waals surface area contributed by atoms with E-state index in [-0.39, 0.29) is 12.6 Å². The Kier molecular flexibility index (Phi) is 6.27. The number of carbonyl (C=O) groups excluding carboxylic acids is 1. The number of carbonyl (C=O) groups is 1. The van der Waals surface area contributed by atoms with Crippen molar-refractivity contribution in [3.8, 4) is 0 Å². The van der Waals surface area contributed by atoms with Crippen LogP contribution in [0.15, 0.2) is 71.9 Å². The molecule has 0 bridgehead atoms. The number of nitrogens with one attached hydrogen (secondary N) is 1. The highest BCUT2D eigenvalue weighted by molar-refractivity contribution is 6.30. The summed E-state index contributed by atoms with van der Waals surface area (Å²) in [4.78, 5) is 11.5. The Labute approximate surface area is 163 Å². The quantitative estimate of drug-likeness (QED) is 0.584. The molecule has 140 valence electrons. The molecule has 2 aromatic carbocycles. The van der Waals surface area contributed by atoms with Crippen molar-refractivity contribution < 1.29 is 14.3 Å². The first-order valence-electron chi connectivity index (χ1n) is 8.75. The molecule has 0 radical (unpaired) electrons. The Morgan fingerprint density at radius 1 is 1.22 bits per heavy atom. The summed E-state index contributed by atoms with van der Waals surface area (Å²) in [5, 5.41) is 5.15. The van der Waals surface area contributed by atoms with Crippen molar-refractivity contribution in [2.75, 3.05) is 19.8 Å². The van der Waals surface area contributed by atoms with E-state index in [9.17, 15) is 4.79 Å². The molecule has 1 N–H and O–H groups in total. The van der Waals surface area contributed by atoms with E-state index in [0.29, 0.717) is 18.2 Å². The third-order valence-corrected chi connectivity index (χ3v) is 4.48. The average molecular weight is 385 g/mol. The van der Waals surface area contributed by atoms with Crippen LogP contribution in [-0.4, -0.2) is 31.4 Å². The molecule has 0 saturated carbocycles. The molecule has 5 nitrogen and oxygen atoms in total. The largest absolute Gasteiger partial charge is 0.463 e. The molecule has 3 rings (SSSR count). The minimum atomic E-state index is -0.770. The summed E-state index contributed by atoms with van der Waals surface area (Å²) in [5.74, 6) is -0.383. The highest BCUT2D eigenvalue weighted by Gasteiger charge is 2.43. The van der Waals surface area contributed by atoms with Crippen LogP contribution in [0, 0.1) is 0 Å². The van der Waals surface area contributed by atoms with Gasteiger partial charge in [-0.3, -0.25) is 0 Å². The zero-order valence-corrected chi connectivity index (χ0v) is 15.8. The van der Waals surface area contributed by atoms with E-state index in [1.807, 2.05) is 54.6 Å². The van der Waals surface area contributed by atoms with Crippen LogP contribution in [-0.2, 0) is 19.9 Å². The van der Waals surface area contributed by atoms with Crippen LogP contribution in [0.1, 0.15) is 18.1 Å². The normalized spacial score (nSPS) is 19.0. The van der Waals surface area contributed by atoms with Crippen molar-refractivity contribution in [2.24, 2.45) is 5.10 Å². The van der Waals surface area contributed by atoms with Gasteiger partial charge in [-0.1, -0.05) is 60.1 Å². The molecule has 2 aromatic rings. The molecule has 27 heavy (non-hydrogen) atoms. The zero-order valence-electron chi connectivity index (χ0n) is 15.0.